The molecule has 0 radical (unpaired) electrons. The number of amides is 2. The molecular weight excluding hydrogens is 332 g/mol. The van der Waals surface area contributed by atoms with Crippen molar-refractivity contribution in [2.75, 3.05) is 12.4 Å². The van der Waals surface area contributed by atoms with Crippen molar-refractivity contribution in [3.63, 3.8) is 0 Å². The minimum absolute atomic E-state index is 0.000870. The smallest absolute Gasteiger partial charge is 0.265 e. The van der Waals surface area contributed by atoms with E-state index in [0.29, 0.717) is 22.7 Å². The summed E-state index contributed by atoms with van der Waals surface area (Å²) in [6.45, 7) is 5.39. The molecule has 0 spiro atoms. The van der Waals surface area contributed by atoms with Crippen LogP contribution in [-0.4, -0.2) is 31.1 Å². The van der Waals surface area contributed by atoms with Crippen molar-refractivity contribution < 1.29 is 19.1 Å². The van der Waals surface area contributed by atoms with Gasteiger partial charge < -0.3 is 20.1 Å². The van der Waals surface area contributed by atoms with E-state index in [1.54, 1.807) is 49.4 Å². The molecule has 138 valence electrons. The maximum absolute atomic E-state index is 12.5. The molecule has 2 aromatic carbocycles. The number of anilines is 1. The van der Waals surface area contributed by atoms with Gasteiger partial charge in [0.2, 0.25) is 0 Å². The van der Waals surface area contributed by atoms with Crippen LogP contribution in [0.15, 0.2) is 48.5 Å². The SMILES string of the molecule is COc1ccccc1OC(C)C(=O)Nc1ccccc1C(=O)NC(C)C. The Balaban J connectivity index is 2.11. The fraction of sp³-hybridized carbons (Fsp3) is 0.300. The predicted molar refractivity (Wildman–Crippen MR) is 101 cm³/mol. The zero-order valence-electron chi connectivity index (χ0n) is 15.4. The molecule has 0 bridgehead atoms. The molecule has 1 unspecified atom stereocenters. The van der Waals surface area contributed by atoms with Gasteiger partial charge in [-0.2, -0.15) is 0 Å². The van der Waals surface area contributed by atoms with E-state index in [1.807, 2.05) is 19.9 Å². The molecule has 2 amide bonds. The number of nitrogens with one attached hydrogen (secondary N) is 2. The Labute approximate surface area is 153 Å². The first-order valence-electron chi connectivity index (χ1n) is 8.42. The number of rotatable bonds is 7. The second-order valence-electron chi connectivity index (χ2n) is 6.07. The van der Waals surface area contributed by atoms with Crippen LogP contribution in [0.5, 0.6) is 11.5 Å². The normalized spacial score (nSPS) is 11.6. The van der Waals surface area contributed by atoms with Crippen molar-refractivity contribution in [2.45, 2.75) is 32.9 Å². The monoisotopic (exact) mass is 356 g/mol. The molecule has 26 heavy (non-hydrogen) atoms. The Morgan fingerprint density at radius 1 is 0.923 bits per heavy atom. The first kappa shape index (κ1) is 19.3. The highest BCUT2D eigenvalue weighted by molar-refractivity contribution is 6.04. The Kier molecular flexibility index (Phi) is 6.60. The Morgan fingerprint density at radius 2 is 1.54 bits per heavy atom. The average molecular weight is 356 g/mol. The van der Waals surface area contributed by atoms with Crippen LogP contribution in [0.2, 0.25) is 0 Å². The molecule has 0 aliphatic heterocycles. The molecule has 2 aromatic rings. The molecule has 0 aliphatic rings. The van der Waals surface area contributed by atoms with Crippen molar-refractivity contribution >= 4 is 17.5 Å². The molecule has 0 fully saturated rings. The van der Waals surface area contributed by atoms with Gasteiger partial charge in [-0.1, -0.05) is 24.3 Å². The van der Waals surface area contributed by atoms with Gasteiger partial charge in [0.1, 0.15) is 0 Å². The number of carbonyl (C=O) groups excluding carboxylic acids is 2. The predicted octanol–water partition coefficient (Wildman–Crippen LogP) is 3.24. The van der Waals surface area contributed by atoms with Crippen LogP contribution in [0.3, 0.4) is 0 Å². The van der Waals surface area contributed by atoms with Crippen LogP contribution in [0.1, 0.15) is 31.1 Å². The summed E-state index contributed by atoms with van der Waals surface area (Å²) in [5, 5.41) is 5.58. The molecule has 0 aliphatic carbocycles. The van der Waals surface area contributed by atoms with Crippen molar-refractivity contribution in [3.8, 4) is 11.5 Å². The average Bonchev–Trinajstić information content (AvgIpc) is 2.61. The summed E-state index contributed by atoms with van der Waals surface area (Å²) in [6.07, 6.45) is -0.771. The topological polar surface area (TPSA) is 76.7 Å². The minimum atomic E-state index is -0.771. The lowest BCUT2D eigenvalue weighted by Gasteiger charge is -2.18. The highest BCUT2D eigenvalue weighted by Crippen LogP contribution is 2.27. The lowest BCUT2D eigenvalue weighted by atomic mass is 10.1. The fourth-order valence-corrected chi connectivity index (χ4v) is 2.32. The summed E-state index contributed by atoms with van der Waals surface area (Å²) in [7, 11) is 1.54. The maximum atomic E-state index is 12.5. The molecular formula is C20H24N2O4. The van der Waals surface area contributed by atoms with E-state index in [9.17, 15) is 9.59 Å². The van der Waals surface area contributed by atoms with Crippen molar-refractivity contribution in [1.82, 2.24) is 5.32 Å². The van der Waals surface area contributed by atoms with Gasteiger partial charge in [0, 0.05) is 6.04 Å². The van der Waals surface area contributed by atoms with Gasteiger partial charge in [-0.25, -0.2) is 0 Å². The van der Waals surface area contributed by atoms with Gasteiger partial charge in [-0.15, -0.1) is 0 Å². The Hall–Kier alpha value is -3.02. The highest BCUT2D eigenvalue weighted by Gasteiger charge is 2.19. The molecule has 6 nitrogen and oxygen atoms in total. The summed E-state index contributed by atoms with van der Waals surface area (Å²) >= 11 is 0. The number of carbonyl (C=O) groups is 2. The van der Waals surface area contributed by atoms with Crippen LogP contribution in [0, 0.1) is 0 Å². The third-order valence-corrected chi connectivity index (χ3v) is 3.59. The van der Waals surface area contributed by atoms with E-state index in [2.05, 4.69) is 10.6 Å². The summed E-state index contributed by atoms with van der Waals surface area (Å²) in [4.78, 5) is 24.8. The minimum Gasteiger partial charge on any atom is -0.493 e. The molecule has 2 N–H and O–H groups in total. The summed E-state index contributed by atoms with van der Waals surface area (Å²) in [6, 6.07) is 14.0. The quantitative estimate of drug-likeness (QED) is 0.798. The fourth-order valence-electron chi connectivity index (χ4n) is 2.32. The van der Waals surface area contributed by atoms with E-state index >= 15 is 0 Å². The van der Waals surface area contributed by atoms with Crippen LogP contribution < -0.4 is 20.1 Å². The van der Waals surface area contributed by atoms with E-state index < -0.39 is 6.10 Å². The standard InChI is InChI=1S/C20H24N2O4/c1-13(2)21-20(24)15-9-5-6-10-16(15)22-19(23)14(3)26-18-12-8-7-11-17(18)25-4/h5-14H,1-4H3,(H,21,24)(H,22,23). The third-order valence-electron chi connectivity index (χ3n) is 3.59. The summed E-state index contributed by atoms with van der Waals surface area (Å²) in [5.41, 5.74) is 0.838. The largest absolute Gasteiger partial charge is 0.493 e. The van der Waals surface area contributed by atoms with Gasteiger partial charge >= 0.3 is 0 Å². The van der Waals surface area contributed by atoms with E-state index in [0.717, 1.165) is 0 Å². The van der Waals surface area contributed by atoms with Crippen LogP contribution >= 0.6 is 0 Å². The molecule has 0 saturated carbocycles. The van der Waals surface area contributed by atoms with Crippen LogP contribution in [0.25, 0.3) is 0 Å². The number of hydrogen-bond acceptors (Lipinski definition) is 4. The number of para-hydroxylation sites is 3. The first-order valence-corrected chi connectivity index (χ1v) is 8.42. The number of methoxy groups -OCH3 is 1. The van der Waals surface area contributed by atoms with Gasteiger partial charge in [-0.3, -0.25) is 9.59 Å². The van der Waals surface area contributed by atoms with Crippen LogP contribution in [0.4, 0.5) is 5.69 Å². The van der Waals surface area contributed by atoms with E-state index in [1.165, 1.54) is 7.11 Å². The lowest BCUT2D eigenvalue weighted by molar-refractivity contribution is -0.122. The highest BCUT2D eigenvalue weighted by atomic mass is 16.5. The van der Waals surface area contributed by atoms with Gasteiger partial charge in [0.25, 0.3) is 11.8 Å². The van der Waals surface area contributed by atoms with E-state index in [-0.39, 0.29) is 17.9 Å². The summed E-state index contributed by atoms with van der Waals surface area (Å²) in [5.74, 6) is 0.419. The van der Waals surface area contributed by atoms with E-state index in [4.69, 9.17) is 9.47 Å². The number of hydrogen-bond donors (Lipinski definition) is 2. The second-order valence-corrected chi connectivity index (χ2v) is 6.07. The van der Waals surface area contributed by atoms with Crippen LogP contribution in [-0.2, 0) is 4.79 Å². The zero-order chi connectivity index (χ0) is 19.1. The first-order chi connectivity index (χ1) is 12.4. The Bertz CT molecular complexity index is 774. The van der Waals surface area contributed by atoms with Crippen molar-refractivity contribution in [3.05, 3.63) is 54.1 Å². The molecule has 0 aromatic heterocycles. The Morgan fingerprint density at radius 3 is 2.19 bits per heavy atom. The second kappa shape index (κ2) is 8.89. The molecule has 6 heteroatoms. The number of benzene rings is 2. The van der Waals surface area contributed by atoms with Crippen molar-refractivity contribution in [2.24, 2.45) is 0 Å². The lowest BCUT2D eigenvalue weighted by Crippen LogP contribution is -2.33. The van der Waals surface area contributed by atoms with Gasteiger partial charge in [0.15, 0.2) is 17.6 Å². The van der Waals surface area contributed by atoms with Crippen molar-refractivity contribution in [1.29, 1.82) is 0 Å². The number of ether oxygens (including phenoxy) is 2. The van der Waals surface area contributed by atoms with Gasteiger partial charge in [0.05, 0.1) is 18.4 Å². The maximum Gasteiger partial charge on any atom is 0.265 e. The molecule has 2 rings (SSSR count). The third kappa shape index (κ3) is 4.99. The summed E-state index contributed by atoms with van der Waals surface area (Å²) < 4.78 is 10.9. The molecule has 0 heterocycles. The zero-order valence-corrected chi connectivity index (χ0v) is 15.4. The van der Waals surface area contributed by atoms with Gasteiger partial charge in [-0.05, 0) is 45.0 Å². The molecule has 0 saturated heterocycles. The molecule has 1 atom stereocenters.